The lowest BCUT2D eigenvalue weighted by Crippen LogP contribution is -2.58. The highest BCUT2D eigenvalue weighted by Crippen LogP contribution is 2.53. The van der Waals surface area contributed by atoms with Crippen LogP contribution in [0.3, 0.4) is 0 Å². The van der Waals surface area contributed by atoms with Gasteiger partial charge in [-0.05, 0) is 36.3 Å². The van der Waals surface area contributed by atoms with Gasteiger partial charge in [0.2, 0.25) is 5.78 Å². The molecule has 0 radical (unpaired) electrons. The average molecular weight is 544 g/mol. The van der Waals surface area contributed by atoms with Crippen LogP contribution in [0, 0.1) is 17.8 Å². The summed E-state index contributed by atoms with van der Waals surface area (Å²) in [6, 6.07) is 1.66. The van der Waals surface area contributed by atoms with Crippen LogP contribution in [0.4, 0.5) is 10.5 Å². The summed E-state index contributed by atoms with van der Waals surface area (Å²) in [7, 11) is 3.52. The number of carbonyl (C=O) groups is 4. The molecule has 12 heteroatoms. The van der Waals surface area contributed by atoms with Gasteiger partial charge in [-0.15, -0.1) is 0 Å². The fraction of sp³-hybridized carbons (Fsp3) is 0.481. The third kappa shape index (κ3) is 4.48. The zero-order chi connectivity index (χ0) is 29.0. The predicted octanol–water partition coefficient (Wildman–Crippen LogP) is 1.37. The minimum absolute atomic E-state index is 0.0410. The third-order valence-electron chi connectivity index (χ3n) is 7.57. The number of hydrogen-bond acceptors (Lipinski definition) is 10. The highest BCUT2D eigenvalue weighted by Gasteiger charge is 2.60. The number of aliphatic hydroxyl groups is 3. The Labute approximate surface area is 224 Å². The second kappa shape index (κ2) is 9.92. The first-order chi connectivity index (χ1) is 18.2. The van der Waals surface area contributed by atoms with E-state index in [9.17, 15) is 39.6 Å². The van der Waals surface area contributed by atoms with Crippen molar-refractivity contribution >= 4 is 35.0 Å². The molecule has 3 aliphatic rings. The van der Waals surface area contributed by atoms with Gasteiger partial charge in [0.1, 0.15) is 22.8 Å². The topological polar surface area (TPSA) is 200 Å². The van der Waals surface area contributed by atoms with Gasteiger partial charge in [0.05, 0.1) is 12.2 Å². The molecule has 0 saturated heterocycles. The molecule has 39 heavy (non-hydrogen) atoms. The van der Waals surface area contributed by atoms with Crippen molar-refractivity contribution in [3.8, 4) is 5.75 Å². The summed E-state index contributed by atoms with van der Waals surface area (Å²) in [5, 5.41) is 47.2. The zero-order valence-corrected chi connectivity index (χ0v) is 22.2. The maximum atomic E-state index is 13.7. The molecule has 0 spiro atoms. The minimum atomic E-state index is -2.63. The smallest absolute Gasteiger partial charge is 0.407 e. The molecular weight excluding hydrogens is 510 g/mol. The number of phenolic OH excluding ortho intramolecular Hbond substituents is 1. The number of Topliss-reactive ketones (excluding diaryl/α,β-unsaturated/α-hetero) is 2. The van der Waals surface area contributed by atoms with Gasteiger partial charge in [-0.1, -0.05) is 13.8 Å². The van der Waals surface area contributed by atoms with Crippen LogP contribution in [0.5, 0.6) is 5.75 Å². The number of carbonyl (C=O) groups excluding carboxylic acids is 4. The molecule has 0 aromatic heterocycles. The van der Waals surface area contributed by atoms with E-state index < -0.39 is 58.1 Å². The molecule has 1 saturated carbocycles. The number of aliphatic hydroxyl groups excluding tert-OH is 2. The Hall–Kier alpha value is -4.06. The van der Waals surface area contributed by atoms with Gasteiger partial charge < -0.3 is 41.1 Å². The van der Waals surface area contributed by atoms with Crippen LogP contribution in [0.1, 0.15) is 43.4 Å². The highest BCUT2D eigenvalue weighted by atomic mass is 16.5. The number of nitrogens with zero attached hydrogens (tertiary/aromatic N) is 1. The summed E-state index contributed by atoms with van der Waals surface area (Å²) in [5.41, 5.74) is 2.88. The fourth-order valence-electron chi connectivity index (χ4n) is 5.72. The molecule has 7 N–H and O–H groups in total. The van der Waals surface area contributed by atoms with E-state index in [4.69, 9.17) is 10.5 Å². The molecule has 0 bridgehead atoms. The molecule has 0 heterocycles. The number of rotatable bonds is 6. The first-order valence-corrected chi connectivity index (χ1v) is 12.6. The Kier molecular flexibility index (Phi) is 7.11. The Bertz CT molecular complexity index is 1340. The van der Waals surface area contributed by atoms with Crippen molar-refractivity contribution in [2.75, 3.05) is 25.6 Å². The molecule has 12 nitrogen and oxygen atoms in total. The Morgan fingerprint density at radius 2 is 1.87 bits per heavy atom. The maximum Gasteiger partial charge on any atom is 0.407 e. The molecular formula is C27H33N3O9. The molecule has 3 aliphatic carbocycles. The second-order valence-electron chi connectivity index (χ2n) is 10.9. The number of hydrogen-bond donors (Lipinski definition) is 6. The van der Waals surface area contributed by atoms with Crippen molar-refractivity contribution in [3.05, 3.63) is 39.7 Å². The molecule has 3 atom stereocenters. The van der Waals surface area contributed by atoms with E-state index in [0.717, 1.165) is 0 Å². The monoisotopic (exact) mass is 543 g/mol. The number of nitrogens with one attached hydrogen (secondary N) is 1. The van der Waals surface area contributed by atoms with Crippen molar-refractivity contribution in [1.82, 2.24) is 5.32 Å². The van der Waals surface area contributed by atoms with Gasteiger partial charge in [0.15, 0.2) is 11.4 Å². The zero-order valence-electron chi connectivity index (χ0n) is 22.2. The number of benzene rings is 1. The van der Waals surface area contributed by atoms with Crippen molar-refractivity contribution in [2.24, 2.45) is 23.5 Å². The lowest BCUT2D eigenvalue weighted by molar-refractivity contribution is -0.147. The van der Waals surface area contributed by atoms with Gasteiger partial charge in [-0.2, -0.15) is 0 Å². The van der Waals surface area contributed by atoms with Crippen molar-refractivity contribution in [2.45, 2.75) is 45.3 Å². The van der Waals surface area contributed by atoms with E-state index in [2.05, 4.69) is 5.32 Å². The maximum absolute atomic E-state index is 13.7. The molecule has 1 fully saturated rings. The van der Waals surface area contributed by atoms with Gasteiger partial charge in [0.25, 0.3) is 5.91 Å². The molecule has 1 aromatic rings. The predicted molar refractivity (Wildman–Crippen MR) is 139 cm³/mol. The molecule has 0 unspecified atom stereocenters. The second-order valence-corrected chi connectivity index (χ2v) is 10.9. The van der Waals surface area contributed by atoms with Gasteiger partial charge in [-0.25, -0.2) is 4.79 Å². The number of alkyl carbamates (subject to hydrolysis) is 1. The number of phenols is 1. The van der Waals surface area contributed by atoms with Crippen LogP contribution in [-0.4, -0.2) is 70.3 Å². The fourth-order valence-corrected chi connectivity index (χ4v) is 5.72. The summed E-state index contributed by atoms with van der Waals surface area (Å²) >= 11 is 0. The van der Waals surface area contributed by atoms with E-state index in [1.165, 1.54) is 0 Å². The van der Waals surface area contributed by atoms with Gasteiger partial charge in [-0.3, -0.25) is 14.4 Å². The van der Waals surface area contributed by atoms with Crippen molar-refractivity contribution in [3.63, 3.8) is 0 Å². The largest absolute Gasteiger partial charge is 0.508 e. The van der Waals surface area contributed by atoms with E-state index in [1.807, 2.05) is 13.8 Å². The molecule has 4 rings (SSSR count). The van der Waals surface area contributed by atoms with E-state index in [-0.39, 0.29) is 60.8 Å². The lowest BCUT2D eigenvalue weighted by atomic mass is 9.59. The number of ketones is 2. The number of ether oxygens (including phenoxy) is 1. The third-order valence-corrected chi connectivity index (χ3v) is 7.57. The normalized spacial score (nSPS) is 24.3. The summed E-state index contributed by atoms with van der Waals surface area (Å²) < 4.78 is 5.11. The summed E-state index contributed by atoms with van der Waals surface area (Å²) in [6.45, 7) is 3.83. The number of primary amides is 1. The molecule has 0 aliphatic heterocycles. The number of aromatic hydroxyl groups is 1. The average Bonchev–Trinajstić information content (AvgIpc) is 2.84. The Morgan fingerprint density at radius 1 is 1.21 bits per heavy atom. The van der Waals surface area contributed by atoms with Crippen LogP contribution in [0.15, 0.2) is 23.0 Å². The molecule has 210 valence electrons. The Morgan fingerprint density at radius 3 is 2.46 bits per heavy atom. The van der Waals surface area contributed by atoms with Crippen molar-refractivity contribution < 1.29 is 44.3 Å². The van der Waals surface area contributed by atoms with E-state index in [0.29, 0.717) is 11.3 Å². The molecule has 2 amide bonds. The number of amides is 2. The van der Waals surface area contributed by atoms with Crippen molar-refractivity contribution in [1.29, 1.82) is 0 Å². The Balaban J connectivity index is 1.81. The van der Waals surface area contributed by atoms with E-state index in [1.54, 1.807) is 25.1 Å². The number of anilines is 1. The SMILES string of the molecule is CC(C)COC(=O)NCc1cc(N(C)C)c2c(c1O)C(O)=C1C(=O)[C@]3(O)C(O)=C(C(N)=O)C(=O)C[C@@H]3C[C@@H]1C2. The number of nitrogens with two attached hydrogens (primary N) is 1. The van der Waals surface area contributed by atoms with Crippen LogP contribution in [0.25, 0.3) is 5.76 Å². The highest BCUT2D eigenvalue weighted by molar-refractivity contribution is 6.22. The lowest BCUT2D eigenvalue weighted by Gasteiger charge is -2.46. The van der Waals surface area contributed by atoms with Gasteiger partial charge in [0, 0.05) is 49.8 Å². The summed E-state index contributed by atoms with van der Waals surface area (Å²) in [4.78, 5) is 51.8. The van der Waals surface area contributed by atoms with E-state index >= 15 is 0 Å². The molecule has 1 aromatic carbocycles. The van der Waals surface area contributed by atoms with Crippen LogP contribution < -0.4 is 16.0 Å². The van der Waals surface area contributed by atoms with Crippen LogP contribution >= 0.6 is 0 Å². The first kappa shape index (κ1) is 28.0. The minimum Gasteiger partial charge on any atom is -0.508 e. The summed E-state index contributed by atoms with van der Waals surface area (Å²) in [6.07, 6.45) is -0.850. The van der Waals surface area contributed by atoms with Crippen LogP contribution in [-0.2, 0) is 32.1 Å². The quantitative estimate of drug-likeness (QED) is 0.285. The summed E-state index contributed by atoms with van der Waals surface area (Å²) in [5.74, 6) is -6.75. The standard InChI is InChI=1S/C27H33N3O9/c1-11(2)10-39-26(37)29-9-13-7-16(30(3)4)15-6-12-5-14-8-17(31)20(25(28)36)24(35)27(14,38)23(34)18(12)22(33)19(15)21(13)32/h7,11-12,14,32-33,35,38H,5-6,8-10H2,1-4H3,(H2,28,36)(H,29,37)/t12-,14+,27+/m1/s1. The number of fused-ring (bicyclic) bond motifs is 3. The van der Waals surface area contributed by atoms with Gasteiger partial charge >= 0.3 is 6.09 Å². The van der Waals surface area contributed by atoms with Crippen LogP contribution in [0.2, 0.25) is 0 Å². The first-order valence-electron chi connectivity index (χ1n) is 12.6.